The fourth-order valence-electron chi connectivity index (χ4n) is 0.207. The number of hydrogen-bond donors (Lipinski definition) is 0. The van der Waals surface area contributed by atoms with Crippen LogP contribution in [0.25, 0.3) is 0 Å². The summed E-state index contributed by atoms with van der Waals surface area (Å²) in [5.74, 6) is 3.84. The number of alkyl halides is 1. The predicted octanol–water partition coefficient (Wildman–Crippen LogP) is -3.31. The van der Waals surface area contributed by atoms with Gasteiger partial charge in [0.2, 0.25) is 0 Å². The van der Waals surface area contributed by atoms with E-state index < -0.39 is 5.97 Å². The van der Waals surface area contributed by atoms with Crippen molar-refractivity contribution in [3.63, 3.8) is 0 Å². The van der Waals surface area contributed by atoms with Gasteiger partial charge in [-0.05, 0) is 12.2 Å². The zero-order chi connectivity index (χ0) is 7.11. The van der Waals surface area contributed by atoms with Crippen molar-refractivity contribution in [3.05, 3.63) is 12.2 Å². The Balaban J connectivity index is 0. The van der Waals surface area contributed by atoms with Gasteiger partial charge in [0, 0.05) is 0 Å². The standard InChI is InChI=1S/C6H5BrO2.Na/c7-5-3-1-2-4-6(8)9;/h2,4H,5H2,(H,8,9);/q;+1/p-1/b4-2+;. The van der Waals surface area contributed by atoms with Gasteiger partial charge in [-0.15, -0.1) is 0 Å². The molecule has 0 aromatic heterocycles. The Morgan fingerprint density at radius 3 is 2.70 bits per heavy atom. The van der Waals surface area contributed by atoms with Gasteiger partial charge in [-0.2, -0.15) is 0 Å². The number of aliphatic carboxylic acids is 1. The zero-order valence-electron chi connectivity index (χ0n) is 5.56. The summed E-state index contributed by atoms with van der Waals surface area (Å²) >= 11 is 3.05. The van der Waals surface area contributed by atoms with Crippen molar-refractivity contribution in [1.82, 2.24) is 0 Å². The molecule has 10 heavy (non-hydrogen) atoms. The number of carbonyl (C=O) groups excluding carboxylic acids is 1. The molecule has 0 saturated carbocycles. The van der Waals surface area contributed by atoms with Gasteiger partial charge in [0.1, 0.15) is 0 Å². The normalized spacial score (nSPS) is 7.70. The Morgan fingerprint density at radius 2 is 2.30 bits per heavy atom. The Kier molecular flexibility index (Phi) is 11.9. The minimum absolute atomic E-state index is 0. The monoisotopic (exact) mass is 210 g/mol. The van der Waals surface area contributed by atoms with E-state index in [1.807, 2.05) is 0 Å². The number of halogens is 1. The summed E-state index contributed by atoms with van der Waals surface area (Å²) in [6, 6.07) is 0. The van der Waals surface area contributed by atoms with Gasteiger partial charge in [-0.1, -0.05) is 27.8 Å². The predicted molar refractivity (Wildman–Crippen MR) is 35.7 cm³/mol. The van der Waals surface area contributed by atoms with Crippen LogP contribution in [-0.2, 0) is 4.79 Å². The van der Waals surface area contributed by atoms with Crippen LogP contribution in [0.1, 0.15) is 0 Å². The molecule has 0 spiro atoms. The first kappa shape index (κ1) is 12.9. The van der Waals surface area contributed by atoms with Crippen LogP contribution in [0.5, 0.6) is 0 Å². The van der Waals surface area contributed by atoms with E-state index in [0.29, 0.717) is 5.33 Å². The molecule has 0 heterocycles. The van der Waals surface area contributed by atoms with Crippen LogP contribution < -0.4 is 34.7 Å². The van der Waals surface area contributed by atoms with E-state index in [1.54, 1.807) is 0 Å². The van der Waals surface area contributed by atoms with Crippen LogP contribution in [0.4, 0.5) is 0 Å². The van der Waals surface area contributed by atoms with Crippen molar-refractivity contribution >= 4 is 21.9 Å². The van der Waals surface area contributed by atoms with Gasteiger partial charge in [0.05, 0.1) is 11.3 Å². The van der Waals surface area contributed by atoms with Crippen LogP contribution >= 0.6 is 15.9 Å². The molecule has 0 aliphatic carbocycles. The van der Waals surface area contributed by atoms with Crippen LogP contribution in [0.3, 0.4) is 0 Å². The summed E-state index contributed by atoms with van der Waals surface area (Å²) in [7, 11) is 0. The van der Waals surface area contributed by atoms with E-state index in [4.69, 9.17) is 0 Å². The molecule has 0 saturated heterocycles. The fraction of sp³-hybridized carbons (Fsp3) is 0.167. The molecule has 0 aliphatic rings. The van der Waals surface area contributed by atoms with Gasteiger partial charge < -0.3 is 9.90 Å². The van der Waals surface area contributed by atoms with Gasteiger partial charge in [0.15, 0.2) is 0 Å². The average molecular weight is 211 g/mol. The largest absolute Gasteiger partial charge is 1.00 e. The summed E-state index contributed by atoms with van der Waals surface area (Å²) in [6.45, 7) is 0. The second kappa shape index (κ2) is 9.25. The Hall–Kier alpha value is 0.250. The summed E-state index contributed by atoms with van der Waals surface area (Å²) in [6.07, 6.45) is 2.12. The van der Waals surface area contributed by atoms with Gasteiger partial charge in [-0.3, -0.25) is 0 Å². The molecule has 0 unspecified atom stereocenters. The molecule has 0 amide bonds. The maximum Gasteiger partial charge on any atom is 1.00 e. The number of carbonyl (C=O) groups is 1. The van der Waals surface area contributed by atoms with E-state index in [1.165, 1.54) is 6.08 Å². The van der Waals surface area contributed by atoms with E-state index in [-0.39, 0.29) is 29.6 Å². The second-order valence-corrected chi connectivity index (χ2v) is 1.67. The molecule has 0 aliphatic heterocycles. The first-order chi connectivity index (χ1) is 4.27. The second-order valence-electron chi connectivity index (χ2n) is 1.11. The first-order valence-electron chi connectivity index (χ1n) is 2.19. The van der Waals surface area contributed by atoms with Gasteiger partial charge >= 0.3 is 29.6 Å². The quantitative estimate of drug-likeness (QED) is 0.197. The Labute approximate surface area is 90.1 Å². The Morgan fingerprint density at radius 1 is 1.70 bits per heavy atom. The first-order valence-corrected chi connectivity index (χ1v) is 3.31. The molecular weight excluding hydrogens is 207 g/mol. The molecule has 48 valence electrons. The fourth-order valence-corrected chi connectivity index (χ4v) is 0.369. The minimum Gasteiger partial charge on any atom is -0.545 e. The average Bonchev–Trinajstić information content (AvgIpc) is 1.80. The SMILES string of the molecule is O=C([O-])/C=C/C#CCBr.[Na+]. The summed E-state index contributed by atoms with van der Waals surface area (Å²) in [5, 5.41) is 10.2. The van der Waals surface area contributed by atoms with Crippen molar-refractivity contribution in [2.24, 2.45) is 0 Å². The summed E-state index contributed by atoms with van der Waals surface area (Å²) in [4.78, 5) is 9.69. The van der Waals surface area contributed by atoms with E-state index in [9.17, 15) is 9.90 Å². The number of rotatable bonds is 1. The van der Waals surface area contributed by atoms with E-state index >= 15 is 0 Å². The van der Waals surface area contributed by atoms with Crippen molar-refractivity contribution in [2.75, 3.05) is 5.33 Å². The molecule has 0 radical (unpaired) electrons. The molecule has 2 nitrogen and oxygen atoms in total. The molecule has 0 fully saturated rings. The van der Waals surface area contributed by atoms with Crippen molar-refractivity contribution in [3.8, 4) is 11.8 Å². The van der Waals surface area contributed by atoms with Crippen LogP contribution in [-0.4, -0.2) is 11.3 Å². The zero-order valence-corrected chi connectivity index (χ0v) is 9.14. The molecule has 0 bridgehead atoms. The molecule has 0 aromatic rings. The van der Waals surface area contributed by atoms with Crippen LogP contribution in [0.15, 0.2) is 12.2 Å². The van der Waals surface area contributed by atoms with Gasteiger partial charge in [-0.25, -0.2) is 0 Å². The smallest absolute Gasteiger partial charge is 0.545 e. The molecule has 0 rings (SSSR count). The van der Waals surface area contributed by atoms with Gasteiger partial charge in [0.25, 0.3) is 0 Å². The molecule has 0 atom stereocenters. The summed E-state index contributed by atoms with van der Waals surface area (Å²) in [5.41, 5.74) is 0. The number of carboxylic acids is 1. The van der Waals surface area contributed by atoms with E-state index in [0.717, 1.165) is 6.08 Å². The summed E-state index contributed by atoms with van der Waals surface area (Å²) < 4.78 is 0. The molecule has 0 aromatic carbocycles. The maximum atomic E-state index is 9.69. The third kappa shape index (κ3) is 11.1. The van der Waals surface area contributed by atoms with Crippen molar-refractivity contribution < 1.29 is 39.5 Å². The molecular formula is C6H4BrNaO2. The third-order valence-corrected chi connectivity index (χ3v) is 0.752. The molecule has 0 N–H and O–H groups in total. The molecule has 4 heteroatoms. The minimum atomic E-state index is -1.22. The Bertz CT molecular complexity index is 178. The van der Waals surface area contributed by atoms with Crippen LogP contribution in [0.2, 0.25) is 0 Å². The number of hydrogen-bond acceptors (Lipinski definition) is 2. The van der Waals surface area contributed by atoms with Crippen molar-refractivity contribution in [2.45, 2.75) is 0 Å². The third-order valence-electron chi connectivity index (χ3n) is 0.472. The number of allylic oxidation sites excluding steroid dienone is 1. The van der Waals surface area contributed by atoms with Crippen LogP contribution in [0, 0.1) is 11.8 Å². The van der Waals surface area contributed by atoms with E-state index in [2.05, 4.69) is 27.8 Å². The van der Waals surface area contributed by atoms with Crippen molar-refractivity contribution in [1.29, 1.82) is 0 Å². The number of carboxylic acid groups (broad SMARTS) is 1. The maximum absolute atomic E-state index is 9.69. The topological polar surface area (TPSA) is 40.1 Å².